The first-order valence-electron chi connectivity index (χ1n) is 8.17. The van der Waals surface area contributed by atoms with Gasteiger partial charge in [-0.25, -0.2) is 0 Å². The van der Waals surface area contributed by atoms with Crippen LogP contribution < -0.4 is 10.2 Å². The molecule has 0 N–H and O–H groups in total. The third-order valence-electron chi connectivity index (χ3n) is 3.97. The molecule has 0 radical (unpaired) electrons. The standard InChI is InChI=1S/C18H30O2.Ni/c1-4-7-9-11-15-13-14(6-3)16(12-10-8-5-2)18(20)17(15)19;/h13,19-20H,4-12H2,1-3H3;/q;+2/p-2. The van der Waals surface area contributed by atoms with Gasteiger partial charge in [0.2, 0.25) is 0 Å². The third-order valence-corrected chi connectivity index (χ3v) is 3.97. The average Bonchev–Trinajstić information content (AvgIpc) is 2.46. The molecule has 0 aliphatic carbocycles. The first kappa shape index (κ1) is 20.3. The molecule has 1 aromatic rings. The zero-order chi connectivity index (χ0) is 15.0. The van der Waals surface area contributed by atoms with Gasteiger partial charge in [-0.2, -0.15) is 0 Å². The van der Waals surface area contributed by atoms with Crippen molar-refractivity contribution < 1.29 is 26.7 Å². The molecule has 0 aromatic heterocycles. The van der Waals surface area contributed by atoms with Crippen LogP contribution in [0.5, 0.6) is 11.5 Å². The fourth-order valence-electron chi connectivity index (χ4n) is 2.68. The second-order valence-electron chi connectivity index (χ2n) is 5.60. The maximum absolute atomic E-state index is 12.3. The molecule has 0 bridgehead atoms. The number of hydrogen-bond donors (Lipinski definition) is 0. The molecule has 0 unspecified atom stereocenters. The van der Waals surface area contributed by atoms with Gasteiger partial charge in [-0.05, 0) is 37.7 Å². The second-order valence-corrected chi connectivity index (χ2v) is 5.60. The van der Waals surface area contributed by atoms with Crippen molar-refractivity contribution in [2.75, 3.05) is 0 Å². The number of hydrogen-bond acceptors (Lipinski definition) is 2. The fraction of sp³-hybridized carbons (Fsp3) is 0.667. The third kappa shape index (κ3) is 5.90. The average molecular weight is 335 g/mol. The van der Waals surface area contributed by atoms with E-state index in [0.29, 0.717) is 0 Å². The molecule has 0 atom stereocenters. The van der Waals surface area contributed by atoms with E-state index in [4.69, 9.17) is 0 Å². The Morgan fingerprint density at radius 1 is 0.762 bits per heavy atom. The maximum atomic E-state index is 12.3. The molecule has 0 heterocycles. The Balaban J connectivity index is 0.00000400. The summed E-state index contributed by atoms with van der Waals surface area (Å²) in [6.07, 6.45) is 8.88. The Hall–Kier alpha value is -0.686. The van der Waals surface area contributed by atoms with Crippen molar-refractivity contribution in [3.63, 3.8) is 0 Å². The normalized spacial score (nSPS) is 10.4. The van der Waals surface area contributed by atoms with E-state index in [-0.39, 0.29) is 28.0 Å². The molecule has 1 aromatic carbocycles. The Morgan fingerprint density at radius 2 is 1.33 bits per heavy atom. The largest absolute Gasteiger partial charge is 2.00 e. The topological polar surface area (TPSA) is 46.1 Å². The fourth-order valence-corrected chi connectivity index (χ4v) is 2.68. The Labute approximate surface area is 139 Å². The van der Waals surface area contributed by atoms with E-state index < -0.39 is 0 Å². The monoisotopic (exact) mass is 334 g/mol. The molecule has 0 spiro atoms. The van der Waals surface area contributed by atoms with Crippen LogP contribution in [-0.4, -0.2) is 0 Å². The van der Waals surface area contributed by atoms with Gasteiger partial charge in [0.25, 0.3) is 0 Å². The summed E-state index contributed by atoms with van der Waals surface area (Å²) in [4.78, 5) is 0. The van der Waals surface area contributed by atoms with Crippen molar-refractivity contribution >= 4 is 0 Å². The minimum Gasteiger partial charge on any atom is -0.873 e. The van der Waals surface area contributed by atoms with Crippen molar-refractivity contribution in [1.29, 1.82) is 0 Å². The molecule has 3 heteroatoms. The van der Waals surface area contributed by atoms with Crippen LogP contribution in [0.4, 0.5) is 0 Å². The molecule has 21 heavy (non-hydrogen) atoms. The minimum absolute atomic E-state index is 0. The summed E-state index contributed by atoms with van der Waals surface area (Å²) < 4.78 is 0. The van der Waals surface area contributed by atoms with E-state index in [9.17, 15) is 10.2 Å². The minimum atomic E-state index is -0.246. The van der Waals surface area contributed by atoms with Gasteiger partial charge in [0.05, 0.1) is 0 Å². The molecule has 0 amide bonds. The van der Waals surface area contributed by atoms with Gasteiger partial charge in [-0.15, -0.1) is 11.5 Å². The predicted octanol–water partition coefficient (Wildman–Crippen LogP) is 3.86. The van der Waals surface area contributed by atoms with E-state index >= 15 is 0 Å². The van der Waals surface area contributed by atoms with E-state index in [2.05, 4.69) is 20.8 Å². The molecule has 0 saturated heterocycles. The molecule has 122 valence electrons. The smallest absolute Gasteiger partial charge is 0.873 e. The molecular formula is C18H28NiO2. The van der Waals surface area contributed by atoms with Crippen LogP contribution in [0.1, 0.15) is 76.0 Å². The molecule has 0 aliphatic rings. The van der Waals surface area contributed by atoms with Crippen molar-refractivity contribution in [2.45, 2.75) is 78.6 Å². The SMILES string of the molecule is CCCCCc1cc(CC)c(CCCCC)c([O-])c1[O-].[Ni+2]. The van der Waals surface area contributed by atoms with Crippen LogP contribution in [-0.2, 0) is 35.8 Å². The maximum Gasteiger partial charge on any atom is 2.00 e. The summed E-state index contributed by atoms with van der Waals surface area (Å²) in [5, 5.41) is 24.5. The van der Waals surface area contributed by atoms with Gasteiger partial charge in [-0.3, -0.25) is 0 Å². The first-order valence-corrected chi connectivity index (χ1v) is 8.17. The zero-order valence-electron chi connectivity index (χ0n) is 13.6. The summed E-state index contributed by atoms with van der Waals surface area (Å²) in [5.41, 5.74) is 2.61. The summed E-state index contributed by atoms with van der Waals surface area (Å²) in [6, 6.07) is 2.00. The van der Waals surface area contributed by atoms with Crippen LogP contribution in [0.15, 0.2) is 6.07 Å². The molecule has 1 rings (SSSR count). The van der Waals surface area contributed by atoms with Gasteiger partial charge in [0.15, 0.2) is 0 Å². The van der Waals surface area contributed by atoms with E-state index in [1.165, 1.54) is 0 Å². The summed E-state index contributed by atoms with van der Waals surface area (Å²) >= 11 is 0. The number of rotatable bonds is 9. The Bertz CT molecular complexity index is 416. The Kier molecular flexibility index (Phi) is 10.6. The predicted molar refractivity (Wildman–Crippen MR) is 81.2 cm³/mol. The van der Waals surface area contributed by atoms with Gasteiger partial charge in [0.1, 0.15) is 0 Å². The Morgan fingerprint density at radius 3 is 1.86 bits per heavy atom. The number of unbranched alkanes of at least 4 members (excludes halogenated alkanes) is 4. The zero-order valence-corrected chi connectivity index (χ0v) is 14.6. The van der Waals surface area contributed by atoms with Crippen LogP contribution in [0.25, 0.3) is 0 Å². The molecule has 2 nitrogen and oxygen atoms in total. The van der Waals surface area contributed by atoms with Crippen molar-refractivity contribution in [3.05, 3.63) is 22.8 Å². The summed E-state index contributed by atoms with van der Waals surface area (Å²) in [5.74, 6) is -0.475. The number of benzene rings is 1. The van der Waals surface area contributed by atoms with Crippen LogP contribution >= 0.6 is 0 Å². The van der Waals surface area contributed by atoms with Crippen LogP contribution in [0, 0.1) is 0 Å². The summed E-state index contributed by atoms with van der Waals surface area (Å²) in [7, 11) is 0. The molecule has 0 saturated carbocycles. The van der Waals surface area contributed by atoms with E-state index in [1.54, 1.807) is 0 Å². The van der Waals surface area contributed by atoms with Crippen molar-refractivity contribution in [3.8, 4) is 11.5 Å². The van der Waals surface area contributed by atoms with Crippen LogP contribution in [0.2, 0.25) is 0 Å². The second kappa shape index (κ2) is 11.0. The molecule has 0 fully saturated rings. The van der Waals surface area contributed by atoms with E-state index in [1.807, 2.05) is 6.07 Å². The van der Waals surface area contributed by atoms with Crippen molar-refractivity contribution in [2.24, 2.45) is 0 Å². The van der Waals surface area contributed by atoms with Gasteiger partial charge >= 0.3 is 16.5 Å². The number of aryl methyl sites for hydroxylation is 2. The van der Waals surface area contributed by atoms with Gasteiger partial charge in [-0.1, -0.05) is 63.6 Å². The first-order chi connectivity index (χ1) is 9.65. The molecule has 0 aliphatic heterocycles. The van der Waals surface area contributed by atoms with Gasteiger partial charge < -0.3 is 10.2 Å². The van der Waals surface area contributed by atoms with E-state index in [0.717, 1.165) is 74.5 Å². The van der Waals surface area contributed by atoms with Gasteiger partial charge in [0, 0.05) is 0 Å². The molecular weight excluding hydrogens is 307 g/mol. The van der Waals surface area contributed by atoms with Crippen molar-refractivity contribution in [1.82, 2.24) is 0 Å². The quantitative estimate of drug-likeness (QED) is 0.508. The van der Waals surface area contributed by atoms with Crippen LogP contribution in [0.3, 0.4) is 0 Å². The summed E-state index contributed by atoms with van der Waals surface area (Å²) in [6.45, 7) is 6.36.